The van der Waals surface area contributed by atoms with Crippen LogP contribution in [-0.4, -0.2) is 16.9 Å². The van der Waals surface area contributed by atoms with Crippen LogP contribution in [0.2, 0.25) is 0 Å². The predicted molar refractivity (Wildman–Crippen MR) is 91.2 cm³/mol. The Morgan fingerprint density at radius 3 is 2.18 bits per heavy atom. The van der Waals surface area contributed by atoms with Gasteiger partial charge in [-0.2, -0.15) is 0 Å². The van der Waals surface area contributed by atoms with Crippen LogP contribution in [0.15, 0.2) is 53.4 Å². The van der Waals surface area contributed by atoms with Gasteiger partial charge in [0.25, 0.3) is 0 Å². The molecule has 114 valence electrons. The van der Waals surface area contributed by atoms with E-state index < -0.39 is 0 Å². The summed E-state index contributed by atoms with van der Waals surface area (Å²) < 4.78 is 0. The molecule has 0 radical (unpaired) electrons. The van der Waals surface area contributed by atoms with Crippen molar-refractivity contribution in [3.05, 3.63) is 54.1 Å². The summed E-state index contributed by atoms with van der Waals surface area (Å²) in [6.45, 7) is 3.36. The molecule has 0 aromatic heterocycles. The van der Waals surface area contributed by atoms with Crippen LogP contribution in [0.4, 0.5) is 11.4 Å². The van der Waals surface area contributed by atoms with E-state index in [9.17, 15) is 9.59 Å². The number of amides is 1. The molecule has 2 aromatic carbocycles. The first-order valence-corrected chi connectivity index (χ1v) is 7.78. The Bertz CT molecular complexity index is 666. The van der Waals surface area contributed by atoms with Gasteiger partial charge in [-0.05, 0) is 62.4 Å². The first-order chi connectivity index (χ1) is 10.5. The van der Waals surface area contributed by atoms with Crippen LogP contribution < -0.4 is 11.1 Å². The van der Waals surface area contributed by atoms with Crippen molar-refractivity contribution in [2.24, 2.45) is 0 Å². The number of nitrogen functional groups attached to an aromatic ring is 1. The van der Waals surface area contributed by atoms with Gasteiger partial charge in [0.05, 0.1) is 5.25 Å². The van der Waals surface area contributed by atoms with Gasteiger partial charge in [0.2, 0.25) is 5.91 Å². The summed E-state index contributed by atoms with van der Waals surface area (Å²) >= 11 is 1.47. The maximum absolute atomic E-state index is 12.2. The van der Waals surface area contributed by atoms with E-state index in [-0.39, 0.29) is 16.9 Å². The Labute approximate surface area is 134 Å². The predicted octanol–water partition coefficient (Wildman–Crippen LogP) is 3.59. The van der Waals surface area contributed by atoms with Gasteiger partial charge in [0.1, 0.15) is 0 Å². The van der Waals surface area contributed by atoms with E-state index in [2.05, 4.69) is 5.32 Å². The van der Waals surface area contributed by atoms with Crippen molar-refractivity contribution < 1.29 is 9.59 Å². The van der Waals surface area contributed by atoms with Crippen molar-refractivity contribution >= 4 is 34.8 Å². The monoisotopic (exact) mass is 314 g/mol. The van der Waals surface area contributed by atoms with E-state index in [1.165, 1.54) is 18.7 Å². The average Bonchev–Trinajstić information content (AvgIpc) is 2.50. The average molecular weight is 314 g/mol. The minimum Gasteiger partial charge on any atom is -0.399 e. The molecule has 5 heteroatoms. The first kappa shape index (κ1) is 16.1. The normalized spacial score (nSPS) is 11.7. The van der Waals surface area contributed by atoms with Crippen LogP contribution in [0.5, 0.6) is 0 Å². The van der Waals surface area contributed by atoms with Crippen molar-refractivity contribution in [2.75, 3.05) is 11.1 Å². The molecule has 1 amide bonds. The molecule has 0 unspecified atom stereocenters. The lowest BCUT2D eigenvalue weighted by molar-refractivity contribution is -0.115. The number of Topliss-reactive ketones (excluding diaryl/α,β-unsaturated/α-hetero) is 1. The molecule has 2 aromatic rings. The number of carbonyl (C=O) groups excluding carboxylic acids is 2. The fourth-order valence-corrected chi connectivity index (χ4v) is 2.70. The molecule has 0 aliphatic rings. The lowest BCUT2D eigenvalue weighted by Crippen LogP contribution is -2.22. The highest BCUT2D eigenvalue weighted by Gasteiger charge is 2.14. The summed E-state index contributed by atoms with van der Waals surface area (Å²) in [6, 6.07) is 14.3. The van der Waals surface area contributed by atoms with Gasteiger partial charge in [0, 0.05) is 21.8 Å². The SMILES string of the molecule is CC(=O)c1ccc(NC(=O)[C@@H](C)Sc2ccc(N)cc2)cc1. The largest absolute Gasteiger partial charge is 0.399 e. The lowest BCUT2D eigenvalue weighted by Gasteiger charge is -2.12. The number of ketones is 1. The van der Waals surface area contributed by atoms with E-state index in [4.69, 9.17) is 5.73 Å². The summed E-state index contributed by atoms with van der Waals surface area (Å²) in [7, 11) is 0. The number of anilines is 2. The van der Waals surface area contributed by atoms with Crippen molar-refractivity contribution in [1.82, 2.24) is 0 Å². The number of hydrogen-bond donors (Lipinski definition) is 2. The molecule has 2 rings (SSSR count). The molecule has 0 aliphatic carbocycles. The second kappa shape index (κ2) is 7.13. The minimum atomic E-state index is -0.240. The quantitative estimate of drug-likeness (QED) is 0.502. The molecule has 0 fully saturated rings. The third-order valence-electron chi connectivity index (χ3n) is 3.12. The molecule has 0 bridgehead atoms. The molecule has 0 spiro atoms. The van der Waals surface area contributed by atoms with Crippen LogP contribution in [0.25, 0.3) is 0 Å². The van der Waals surface area contributed by atoms with Gasteiger partial charge in [-0.15, -0.1) is 11.8 Å². The second-order valence-corrected chi connectivity index (χ2v) is 6.37. The molecule has 0 heterocycles. The van der Waals surface area contributed by atoms with E-state index in [0.717, 1.165) is 4.90 Å². The fourth-order valence-electron chi connectivity index (χ4n) is 1.84. The van der Waals surface area contributed by atoms with Gasteiger partial charge in [-0.25, -0.2) is 0 Å². The van der Waals surface area contributed by atoms with E-state index in [1.54, 1.807) is 24.3 Å². The summed E-state index contributed by atoms with van der Waals surface area (Å²) in [6.07, 6.45) is 0. The number of nitrogens with one attached hydrogen (secondary N) is 1. The number of hydrogen-bond acceptors (Lipinski definition) is 4. The zero-order valence-electron chi connectivity index (χ0n) is 12.5. The zero-order chi connectivity index (χ0) is 16.1. The van der Waals surface area contributed by atoms with Crippen LogP contribution in [0.1, 0.15) is 24.2 Å². The Balaban J connectivity index is 1.95. The smallest absolute Gasteiger partial charge is 0.237 e. The van der Waals surface area contributed by atoms with E-state index in [1.807, 2.05) is 31.2 Å². The maximum Gasteiger partial charge on any atom is 0.237 e. The summed E-state index contributed by atoms with van der Waals surface area (Å²) in [4.78, 5) is 24.4. The third-order valence-corrected chi connectivity index (χ3v) is 4.23. The molecule has 22 heavy (non-hydrogen) atoms. The number of rotatable bonds is 5. The third kappa shape index (κ3) is 4.36. The Morgan fingerprint density at radius 1 is 1.05 bits per heavy atom. The van der Waals surface area contributed by atoms with Crippen LogP contribution in [0, 0.1) is 0 Å². The highest BCUT2D eigenvalue weighted by molar-refractivity contribution is 8.00. The molecule has 0 saturated heterocycles. The molecule has 3 N–H and O–H groups in total. The van der Waals surface area contributed by atoms with Gasteiger partial charge in [-0.1, -0.05) is 0 Å². The van der Waals surface area contributed by atoms with Crippen molar-refractivity contribution in [3.63, 3.8) is 0 Å². The number of thioether (sulfide) groups is 1. The second-order valence-electron chi connectivity index (χ2n) is 4.95. The topological polar surface area (TPSA) is 72.2 Å². The van der Waals surface area contributed by atoms with Crippen LogP contribution in [-0.2, 0) is 4.79 Å². The number of carbonyl (C=O) groups is 2. The zero-order valence-corrected chi connectivity index (χ0v) is 13.3. The van der Waals surface area contributed by atoms with E-state index >= 15 is 0 Å². The Hall–Kier alpha value is -2.27. The van der Waals surface area contributed by atoms with Gasteiger partial charge >= 0.3 is 0 Å². The highest BCUT2D eigenvalue weighted by Crippen LogP contribution is 2.25. The van der Waals surface area contributed by atoms with E-state index in [0.29, 0.717) is 16.9 Å². The molecule has 1 atom stereocenters. The molecule has 4 nitrogen and oxygen atoms in total. The van der Waals surface area contributed by atoms with Crippen LogP contribution >= 0.6 is 11.8 Å². The molecule has 0 saturated carbocycles. The standard InChI is InChI=1S/C17H18N2O2S/c1-11(20)13-3-7-15(8-4-13)19-17(21)12(2)22-16-9-5-14(18)6-10-16/h3-10,12H,18H2,1-2H3,(H,19,21)/t12-/m1/s1. The van der Waals surface area contributed by atoms with Gasteiger partial charge in [0.15, 0.2) is 5.78 Å². The lowest BCUT2D eigenvalue weighted by atomic mass is 10.1. The highest BCUT2D eigenvalue weighted by atomic mass is 32.2. The minimum absolute atomic E-state index is 0.00477. The maximum atomic E-state index is 12.2. The summed E-state index contributed by atoms with van der Waals surface area (Å²) in [5.74, 6) is -0.0810. The van der Waals surface area contributed by atoms with Crippen molar-refractivity contribution in [1.29, 1.82) is 0 Å². The number of nitrogens with two attached hydrogens (primary N) is 1. The van der Waals surface area contributed by atoms with Crippen molar-refractivity contribution in [3.8, 4) is 0 Å². The number of benzene rings is 2. The van der Waals surface area contributed by atoms with Gasteiger partial charge in [-0.3, -0.25) is 9.59 Å². The molecular formula is C17H18N2O2S. The molecular weight excluding hydrogens is 296 g/mol. The Morgan fingerprint density at radius 2 is 1.64 bits per heavy atom. The molecule has 0 aliphatic heterocycles. The first-order valence-electron chi connectivity index (χ1n) is 6.90. The van der Waals surface area contributed by atoms with Crippen LogP contribution in [0.3, 0.4) is 0 Å². The fraction of sp³-hybridized carbons (Fsp3) is 0.176. The summed E-state index contributed by atoms with van der Waals surface area (Å²) in [5, 5.41) is 2.60. The Kier molecular flexibility index (Phi) is 5.22. The van der Waals surface area contributed by atoms with Gasteiger partial charge < -0.3 is 11.1 Å². The summed E-state index contributed by atoms with van der Waals surface area (Å²) in [5.41, 5.74) is 7.65. The van der Waals surface area contributed by atoms with Crippen molar-refractivity contribution in [2.45, 2.75) is 24.0 Å².